The fourth-order valence-corrected chi connectivity index (χ4v) is 2.37. The van der Waals surface area contributed by atoms with E-state index in [0.717, 1.165) is 13.1 Å². The smallest absolute Gasteiger partial charge is 0.109 e. The summed E-state index contributed by atoms with van der Waals surface area (Å²) in [5, 5.41) is 3.43. The van der Waals surface area contributed by atoms with Crippen LogP contribution in [0.3, 0.4) is 0 Å². The highest BCUT2D eigenvalue weighted by molar-refractivity contribution is 5.06. The van der Waals surface area contributed by atoms with Crippen LogP contribution in [0.4, 0.5) is 0 Å². The third kappa shape index (κ3) is 3.08. The second-order valence-electron chi connectivity index (χ2n) is 5.30. The fourth-order valence-electron chi connectivity index (χ4n) is 2.37. The van der Waals surface area contributed by atoms with E-state index in [0.29, 0.717) is 11.8 Å². The Bertz CT molecular complexity index is 311. The highest BCUT2D eigenvalue weighted by Crippen LogP contribution is 2.32. The van der Waals surface area contributed by atoms with Crippen LogP contribution in [0.15, 0.2) is 6.20 Å². The maximum Gasteiger partial charge on any atom is 0.109 e. The zero-order valence-corrected chi connectivity index (χ0v) is 10.4. The fraction of sp³-hybridized carbons (Fsp3) is 0.769. The summed E-state index contributed by atoms with van der Waals surface area (Å²) in [5.74, 6) is 2.61. The standard InChI is InChI=1S/C13H23N3/c1-10(2)7-14-8-12-9-15-13(16-12)11-5-3-4-6-11/h9-11,14H,3-8H2,1-2H3,(H,15,16). The summed E-state index contributed by atoms with van der Waals surface area (Å²) in [5.41, 5.74) is 1.22. The molecule has 0 amide bonds. The van der Waals surface area contributed by atoms with E-state index < -0.39 is 0 Å². The quantitative estimate of drug-likeness (QED) is 0.802. The lowest BCUT2D eigenvalue weighted by Gasteiger charge is -2.06. The Hall–Kier alpha value is -0.830. The number of nitrogens with one attached hydrogen (secondary N) is 2. The summed E-state index contributed by atoms with van der Waals surface area (Å²) in [6.07, 6.45) is 7.35. The molecule has 0 bridgehead atoms. The van der Waals surface area contributed by atoms with Crippen LogP contribution in [0.1, 0.15) is 57.0 Å². The van der Waals surface area contributed by atoms with Crippen LogP contribution in [0.2, 0.25) is 0 Å². The Morgan fingerprint density at radius 1 is 1.44 bits per heavy atom. The summed E-state index contributed by atoms with van der Waals surface area (Å²) < 4.78 is 0. The van der Waals surface area contributed by atoms with Gasteiger partial charge < -0.3 is 10.3 Å². The molecule has 0 radical (unpaired) electrons. The van der Waals surface area contributed by atoms with Crippen molar-refractivity contribution in [1.82, 2.24) is 15.3 Å². The van der Waals surface area contributed by atoms with Crippen LogP contribution in [0.25, 0.3) is 0 Å². The molecule has 90 valence electrons. The van der Waals surface area contributed by atoms with Gasteiger partial charge in [0.2, 0.25) is 0 Å². The number of aromatic nitrogens is 2. The largest absolute Gasteiger partial charge is 0.345 e. The van der Waals surface area contributed by atoms with Crippen molar-refractivity contribution < 1.29 is 0 Å². The Balaban J connectivity index is 1.82. The number of hydrogen-bond donors (Lipinski definition) is 2. The Kier molecular flexibility index (Phi) is 3.99. The molecule has 1 aliphatic rings. The number of aromatic amines is 1. The molecule has 3 nitrogen and oxygen atoms in total. The van der Waals surface area contributed by atoms with Crippen molar-refractivity contribution in [2.24, 2.45) is 5.92 Å². The van der Waals surface area contributed by atoms with Crippen molar-refractivity contribution in [3.8, 4) is 0 Å². The summed E-state index contributed by atoms with van der Waals surface area (Å²) in [4.78, 5) is 7.96. The number of hydrogen-bond acceptors (Lipinski definition) is 2. The van der Waals surface area contributed by atoms with Crippen LogP contribution in [-0.4, -0.2) is 16.5 Å². The minimum absolute atomic E-state index is 0.693. The van der Waals surface area contributed by atoms with Gasteiger partial charge in [-0.15, -0.1) is 0 Å². The highest BCUT2D eigenvalue weighted by atomic mass is 15.0. The Morgan fingerprint density at radius 2 is 2.19 bits per heavy atom. The molecule has 0 saturated heterocycles. The van der Waals surface area contributed by atoms with Crippen molar-refractivity contribution in [3.63, 3.8) is 0 Å². The van der Waals surface area contributed by atoms with Gasteiger partial charge in [-0.1, -0.05) is 26.7 Å². The number of imidazole rings is 1. The predicted octanol–water partition coefficient (Wildman–Crippen LogP) is 2.81. The highest BCUT2D eigenvalue weighted by Gasteiger charge is 2.19. The van der Waals surface area contributed by atoms with Gasteiger partial charge in [-0.2, -0.15) is 0 Å². The molecule has 2 N–H and O–H groups in total. The van der Waals surface area contributed by atoms with Gasteiger partial charge in [0.25, 0.3) is 0 Å². The second-order valence-corrected chi connectivity index (χ2v) is 5.30. The predicted molar refractivity (Wildman–Crippen MR) is 66.3 cm³/mol. The van der Waals surface area contributed by atoms with Crippen LogP contribution >= 0.6 is 0 Å². The normalized spacial score (nSPS) is 17.4. The zero-order chi connectivity index (χ0) is 11.4. The van der Waals surface area contributed by atoms with E-state index in [1.165, 1.54) is 37.2 Å². The minimum Gasteiger partial charge on any atom is -0.345 e. The summed E-state index contributed by atoms with van der Waals surface area (Å²) in [6, 6.07) is 0. The summed E-state index contributed by atoms with van der Waals surface area (Å²) >= 11 is 0. The molecule has 0 aromatic carbocycles. The molecule has 0 spiro atoms. The molecule has 0 unspecified atom stereocenters. The lowest BCUT2D eigenvalue weighted by atomic mass is 10.1. The molecule has 0 atom stereocenters. The number of H-pyrrole nitrogens is 1. The minimum atomic E-state index is 0.693. The van der Waals surface area contributed by atoms with Crippen LogP contribution in [0, 0.1) is 5.92 Å². The molecule has 1 saturated carbocycles. The average molecular weight is 221 g/mol. The van der Waals surface area contributed by atoms with Gasteiger partial charge in [0.1, 0.15) is 5.82 Å². The van der Waals surface area contributed by atoms with Gasteiger partial charge in [0.05, 0.1) is 0 Å². The molecule has 2 rings (SSSR count). The molecule has 3 heteroatoms. The van der Waals surface area contributed by atoms with Crippen LogP contribution in [0.5, 0.6) is 0 Å². The zero-order valence-electron chi connectivity index (χ0n) is 10.4. The first-order valence-corrected chi connectivity index (χ1v) is 6.50. The first-order chi connectivity index (χ1) is 7.75. The summed E-state index contributed by atoms with van der Waals surface area (Å²) in [7, 11) is 0. The van der Waals surface area contributed by atoms with E-state index in [4.69, 9.17) is 0 Å². The van der Waals surface area contributed by atoms with E-state index >= 15 is 0 Å². The third-order valence-electron chi connectivity index (χ3n) is 3.26. The van der Waals surface area contributed by atoms with Gasteiger partial charge in [-0.05, 0) is 25.3 Å². The number of rotatable bonds is 5. The van der Waals surface area contributed by atoms with Gasteiger partial charge in [-0.25, -0.2) is 4.98 Å². The van der Waals surface area contributed by atoms with Gasteiger partial charge in [0, 0.05) is 24.4 Å². The van der Waals surface area contributed by atoms with Gasteiger partial charge in [-0.3, -0.25) is 0 Å². The molecule has 1 aromatic heterocycles. The van der Waals surface area contributed by atoms with Crippen molar-refractivity contribution in [2.75, 3.05) is 6.54 Å². The molecule has 1 aromatic rings. The Labute approximate surface area is 98.1 Å². The second kappa shape index (κ2) is 5.48. The Morgan fingerprint density at radius 3 is 2.88 bits per heavy atom. The molecule has 1 aliphatic carbocycles. The molecule has 1 heterocycles. The van der Waals surface area contributed by atoms with Crippen molar-refractivity contribution in [3.05, 3.63) is 17.7 Å². The monoisotopic (exact) mass is 221 g/mol. The maximum absolute atomic E-state index is 4.50. The molecular weight excluding hydrogens is 198 g/mol. The molecule has 16 heavy (non-hydrogen) atoms. The maximum atomic E-state index is 4.50. The van der Waals surface area contributed by atoms with E-state index in [1.54, 1.807) is 0 Å². The first kappa shape index (κ1) is 11.6. The third-order valence-corrected chi connectivity index (χ3v) is 3.26. The first-order valence-electron chi connectivity index (χ1n) is 6.50. The van der Waals surface area contributed by atoms with E-state index in [9.17, 15) is 0 Å². The van der Waals surface area contributed by atoms with Gasteiger partial charge >= 0.3 is 0 Å². The van der Waals surface area contributed by atoms with Gasteiger partial charge in [0.15, 0.2) is 0 Å². The van der Waals surface area contributed by atoms with Crippen molar-refractivity contribution >= 4 is 0 Å². The lowest BCUT2D eigenvalue weighted by molar-refractivity contribution is 0.548. The average Bonchev–Trinajstić information content (AvgIpc) is 2.85. The summed E-state index contributed by atoms with van der Waals surface area (Å²) in [6.45, 7) is 6.43. The lowest BCUT2D eigenvalue weighted by Crippen LogP contribution is -2.19. The van der Waals surface area contributed by atoms with E-state index in [-0.39, 0.29) is 0 Å². The van der Waals surface area contributed by atoms with E-state index in [1.807, 2.05) is 6.20 Å². The SMILES string of the molecule is CC(C)CNCc1cnc(C2CCCC2)[nH]1. The van der Waals surface area contributed by atoms with Crippen molar-refractivity contribution in [2.45, 2.75) is 52.0 Å². The van der Waals surface area contributed by atoms with Crippen molar-refractivity contribution in [1.29, 1.82) is 0 Å². The number of nitrogens with zero attached hydrogens (tertiary/aromatic N) is 1. The molecule has 0 aliphatic heterocycles. The van der Waals surface area contributed by atoms with Crippen LogP contribution in [-0.2, 0) is 6.54 Å². The van der Waals surface area contributed by atoms with Crippen LogP contribution < -0.4 is 5.32 Å². The topological polar surface area (TPSA) is 40.7 Å². The molecular formula is C13H23N3. The molecule has 1 fully saturated rings. The van der Waals surface area contributed by atoms with E-state index in [2.05, 4.69) is 29.1 Å².